The standard InChI is InChI=1S/C12H20N2S/c1-4-11(13-5-2)10(3)15-12-8-6-7-9-14-12/h6-11,13H,4-5H2,1-3H3. The number of rotatable bonds is 6. The molecule has 0 aliphatic rings. The summed E-state index contributed by atoms with van der Waals surface area (Å²) in [5.41, 5.74) is 0. The highest BCUT2D eigenvalue weighted by Crippen LogP contribution is 2.23. The molecule has 0 spiro atoms. The molecule has 0 aliphatic heterocycles. The van der Waals surface area contributed by atoms with Crippen molar-refractivity contribution in [2.45, 2.75) is 43.5 Å². The minimum atomic E-state index is 0.560. The van der Waals surface area contributed by atoms with Gasteiger partial charge in [-0.25, -0.2) is 4.98 Å². The van der Waals surface area contributed by atoms with Crippen molar-refractivity contribution in [2.75, 3.05) is 6.54 Å². The van der Waals surface area contributed by atoms with Gasteiger partial charge in [-0.3, -0.25) is 0 Å². The van der Waals surface area contributed by atoms with E-state index in [-0.39, 0.29) is 0 Å². The van der Waals surface area contributed by atoms with Gasteiger partial charge in [0.25, 0.3) is 0 Å². The van der Waals surface area contributed by atoms with Crippen molar-refractivity contribution in [3.05, 3.63) is 24.4 Å². The molecule has 1 aromatic heterocycles. The van der Waals surface area contributed by atoms with Gasteiger partial charge in [0, 0.05) is 17.5 Å². The topological polar surface area (TPSA) is 24.9 Å². The van der Waals surface area contributed by atoms with Gasteiger partial charge in [0.15, 0.2) is 0 Å². The molecule has 0 aliphatic carbocycles. The first-order valence-corrected chi connectivity index (χ1v) is 6.47. The largest absolute Gasteiger partial charge is 0.313 e. The molecule has 1 heterocycles. The summed E-state index contributed by atoms with van der Waals surface area (Å²) in [6.07, 6.45) is 3.01. The molecule has 0 fully saturated rings. The lowest BCUT2D eigenvalue weighted by atomic mass is 10.2. The highest BCUT2D eigenvalue weighted by atomic mass is 32.2. The van der Waals surface area contributed by atoms with Gasteiger partial charge in [0.05, 0.1) is 5.03 Å². The van der Waals surface area contributed by atoms with Crippen LogP contribution in [0.5, 0.6) is 0 Å². The molecule has 0 radical (unpaired) electrons. The van der Waals surface area contributed by atoms with Crippen molar-refractivity contribution in [1.82, 2.24) is 10.3 Å². The van der Waals surface area contributed by atoms with Crippen molar-refractivity contribution in [1.29, 1.82) is 0 Å². The van der Waals surface area contributed by atoms with Crippen LogP contribution in [0.15, 0.2) is 29.4 Å². The highest BCUT2D eigenvalue weighted by molar-refractivity contribution is 7.99. The fourth-order valence-electron chi connectivity index (χ4n) is 1.59. The highest BCUT2D eigenvalue weighted by Gasteiger charge is 2.15. The zero-order valence-corrected chi connectivity index (χ0v) is 10.6. The van der Waals surface area contributed by atoms with Crippen LogP contribution in [0.4, 0.5) is 0 Å². The molecule has 1 aromatic rings. The minimum absolute atomic E-state index is 0.560. The van der Waals surface area contributed by atoms with Crippen LogP contribution >= 0.6 is 11.8 Å². The van der Waals surface area contributed by atoms with Crippen molar-refractivity contribution in [3.63, 3.8) is 0 Å². The molecule has 0 aromatic carbocycles. The normalized spacial score (nSPS) is 14.9. The monoisotopic (exact) mass is 224 g/mol. The summed E-state index contributed by atoms with van der Waals surface area (Å²) < 4.78 is 0. The fraction of sp³-hybridized carbons (Fsp3) is 0.583. The Morgan fingerprint density at radius 3 is 2.73 bits per heavy atom. The third-order valence-electron chi connectivity index (χ3n) is 2.42. The summed E-state index contributed by atoms with van der Waals surface area (Å²) in [7, 11) is 0. The molecule has 2 unspecified atom stereocenters. The third-order valence-corrected chi connectivity index (χ3v) is 3.60. The maximum atomic E-state index is 4.33. The number of hydrogen-bond donors (Lipinski definition) is 1. The molecule has 2 nitrogen and oxygen atoms in total. The lowest BCUT2D eigenvalue weighted by Crippen LogP contribution is -2.35. The molecule has 0 bridgehead atoms. The number of nitrogens with zero attached hydrogens (tertiary/aromatic N) is 1. The molecule has 1 N–H and O–H groups in total. The second-order valence-corrected chi connectivity index (χ2v) is 4.96. The Kier molecular flexibility index (Phi) is 5.73. The van der Waals surface area contributed by atoms with Gasteiger partial charge in [0.1, 0.15) is 0 Å². The first-order valence-electron chi connectivity index (χ1n) is 5.59. The van der Waals surface area contributed by atoms with Gasteiger partial charge in [-0.05, 0) is 25.1 Å². The van der Waals surface area contributed by atoms with E-state index in [1.807, 2.05) is 30.1 Å². The minimum Gasteiger partial charge on any atom is -0.313 e. The number of nitrogens with one attached hydrogen (secondary N) is 1. The maximum absolute atomic E-state index is 4.33. The van der Waals surface area contributed by atoms with E-state index in [1.165, 1.54) is 0 Å². The van der Waals surface area contributed by atoms with E-state index in [1.54, 1.807) is 0 Å². The van der Waals surface area contributed by atoms with Crippen LogP contribution < -0.4 is 5.32 Å². The molecule has 1 rings (SSSR count). The molecule has 2 atom stereocenters. The number of thioether (sulfide) groups is 1. The van der Waals surface area contributed by atoms with E-state index in [0.29, 0.717) is 11.3 Å². The second kappa shape index (κ2) is 6.85. The summed E-state index contributed by atoms with van der Waals surface area (Å²) in [6.45, 7) is 7.67. The van der Waals surface area contributed by atoms with Crippen LogP contribution in [0, 0.1) is 0 Å². The zero-order chi connectivity index (χ0) is 11.1. The molecule has 0 saturated heterocycles. The lowest BCUT2D eigenvalue weighted by Gasteiger charge is -2.22. The van der Waals surface area contributed by atoms with Crippen LogP contribution in [0.25, 0.3) is 0 Å². The first kappa shape index (κ1) is 12.5. The summed E-state index contributed by atoms with van der Waals surface area (Å²) >= 11 is 1.84. The summed E-state index contributed by atoms with van der Waals surface area (Å²) in [5, 5.41) is 5.18. The van der Waals surface area contributed by atoms with Crippen LogP contribution in [0.1, 0.15) is 27.2 Å². The molecule has 15 heavy (non-hydrogen) atoms. The van der Waals surface area contributed by atoms with E-state index in [2.05, 4.69) is 37.1 Å². The fourth-order valence-corrected chi connectivity index (χ4v) is 2.71. The van der Waals surface area contributed by atoms with Crippen LogP contribution in [-0.2, 0) is 0 Å². The smallest absolute Gasteiger partial charge is 0.0962 e. The van der Waals surface area contributed by atoms with Crippen LogP contribution in [0.3, 0.4) is 0 Å². The van der Waals surface area contributed by atoms with E-state index in [9.17, 15) is 0 Å². The number of aromatic nitrogens is 1. The molecular weight excluding hydrogens is 204 g/mol. The zero-order valence-electron chi connectivity index (χ0n) is 9.73. The van der Waals surface area contributed by atoms with Crippen molar-refractivity contribution in [3.8, 4) is 0 Å². The molecule has 3 heteroatoms. The van der Waals surface area contributed by atoms with Gasteiger partial charge in [-0.1, -0.05) is 26.8 Å². The summed E-state index contributed by atoms with van der Waals surface area (Å²) in [4.78, 5) is 4.33. The molecule has 0 amide bonds. The Labute approximate surface area is 96.9 Å². The van der Waals surface area contributed by atoms with Crippen molar-refractivity contribution < 1.29 is 0 Å². The second-order valence-electron chi connectivity index (χ2n) is 3.56. The Bertz CT molecular complexity index is 264. The molecule has 0 saturated carbocycles. The average molecular weight is 224 g/mol. The predicted molar refractivity (Wildman–Crippen MR) is 67.3 cm³/mol. The lowest BCUT2D eigenvalue weighted by molar-refractivity contribution is 0.509. The van der Waals surface area contributed by atoms with Gasteiger partial charge in [-0.15, -0.1) is 11.8 Å². The van der Waals surface area contributed by atoms with E-state index >= 15 is 0 Å². The maximum Gasteiger partial charge on any atom is 0.0962 e. The summed E-state index contributed by atoms with van der Waals surface area (Å²) in [6, 6.07) is 6.63. The average Bonchev–Trinajstić information content (AvgIpc) is 2.27. The summed E-state index contributed by atoms with van der Waals surface area (Å²) in [5.74, 6) is 0. The number of hydrogen-bond acceptors (Lipinski definition) is 3. The SMILES string of the molecule is CCNC(CC)C(C)Sc1ccccn1. The van der Waals surface area contributed by atoms with Crippen molar-refractivity contribution in [2.24, 2.45) is 0 Å². The Morgan fingerprint density at radius 2 is 2.20 bits per heavy atom. The van der Waals surface area contributed by atoms with Gasteiger partial charge in [-0.2, -0.15) is 0 Å². The first-order chi connectivity index (χ1) is 7.27. The van der Waals surface area contributed by atoms with E-state index < -0.39 is 0 Å². The Morgan fingerprint density at radius 1 is 1.40 bits per heavy atom. The van der Waals surface area contributed by atoms with Crippen LogP contribution in [-0.4, -0.2) is 22.8 Å². The Balaban J connectivity index is 2.50. The van der Waals surface area contributed by atoms with Crippen LogP contribution in [0.2, 0.25) is 0 Å². The van der Waals surface area contributed by atoms with Gasteiger partial charge < -0.3 is 5.32 Å². The third kappa shape index (κ3) is 4.22. The number of pyridine rings is 1. The van der Waals surface area contributed by atoms with Gasteiger partial charge in [0.2, 0.25) is 0 Å². The van der Waals surface area contributed by atoms with E-state index in [0.717, 1.165) is 18.0 Å². The predicted octanol–water partition coefficient (Wildman–Crippen LogP) is 2.95. The van der Waals surface area contributed by atoms with Crippen molar-refractivity contribution >= 4 is 11.8 Å². The molecular formula is C12H20N2S. The Hall–Kier alpha value is -0.540. The van der Waals surface area contributed by atoms with Gasteiger partial charge >= 0.3 is 0 Å². The van der Waals surface area contributed by atoms with E-state index in [4.69, 9.17) is 0 Å². The molecule has 84 valence electrons. The quantitative estimate of drug-likeness (QED) is 0.752.